The highest BCUT2D eigenvalue weighted by atomic mass is 19.1. The molecule has 1 aliphatic rings. The molecule has 1 atom stereocenters. The Balaban J connectivity index is 2.27. The second kappa shape index (κ2) is 3.83. The molecule has 3 rings (SSSR count). The van der Waals surface area contributed by atoms with Crippen molar-refractivity contribution < 1.29 is 9.18 Å². The molecule has 4 heteroatoms. The first-order chi connectivity index (χ1) is 8.58. The number of nitrogens with one attached hydrogen (secondary N) is 1. The van der Waals surface area contributed by atoms with Crippen LogP contribution < -0.4 is 5.73 Å². The third-order valence-corrected chi connectivity index (χ3v) is 3.83. The molecule has 1 amide bonds. The second-order valence-electron chi connectivity index (χ2n) is 5.01. The van der Waals surface area contributed by atoms with Gasteiger partial charge in [-0.2, -0.15) is 0 Å². The molecule has 0 fully saturated rings. The number of amides is 1. The van der Waals surface area contributed by atoms with Crippen molar-refractivity contribution in [1.29, 1.82) is 0 Å². The standard InChI is InChI=1S/C14H15FN2O/c1-7-5-10-8-3-2-4-9(14(16)18)13(8)17-12(10)6-11(7)15/h5-6,9,17H,2-4H2,1H3,(H2,16,18)/t9-/m0/s1. The number of nitrogens with two attached hydrogens (primary N) is 1. The number of benzene rings is 1. The van der Waals surface area contributed by atoms with Crippen LogP contribution in [0.15, 0.2) is 12.1 Å². The van der Waals surface area contributed by atoms with Crippen LogP contribution in [0.4, 0.5) is 4.39 Å². The van der Waals surface area contributed by atoms with Crippen molar-refractivity contribution in [1.82, 2.24) is 4.98 Å². The van der Waals surface area contributed by atoms with Gasteiger partial charge in [-0.1, -0.05) is 0 Å². The molecule has 1 heterocycles. The number of H-pyrrole nitrogens is 1. The largest absolute Gasteiger partial charge is 0.369 e. The summed E-state index contributed by atoms with van der Waals surface area (Å²) >= 11 is 0. The number of fused-ring (bicyclic) bond motifs is 3. The van der Waals surface area contributed by atoms with E-state index in [1.54, 1.807) is 6.92 Å². The van der Waals surface area contributed by atoms with Gasteiger partial charge < -0.3 is 10.7 Å². The average Bonchev–Trinajstić information content (AvgIpc) is 2.67. The molecule has 18 heavy (non-hydrogen) atoms. The molecular formula is C14H15FN2O. The predicted octanol–water partition coefficient (Wildman–Crippen LogP) is 2.52. The van der Waals surface area contributed by atoms with Crippen molar-refractivity contribution in [3.05, 3.63) is 34.8 Å². The number of aromatic amines is 1. The van der Waals surface area contributed by atoms with Gasteiger partial charge in [0.2, 0.25) is 5.91 Å². The number of aryl methyl sites for hydroxylation is 2. The second-order valence-corrected chi connectivity index (χ2v) is 5.01. The van der Waals surface area contributed by atoms with Crippen LogP contribution in [0.5, 0.6) is 0 Å². The van der Waals surface area contributed by atoms with Crippen LogP contribution in [0.1, 0.15) is 35.6 Å². The molecule has 94 valence electrons. The molecule has 1 aromatic heterocycles. The van der Waals surface area contributed by atoms with Gasteiger partial charge in [-0.25, -0.2) is 4.39 Å². The maximum absolute atomic E-state index is 13.6. The smallest absolute Gasteiger partial charge is 0.226 e. The van der Waals surface area contributed by atoms with Crippen molar-refractivity contribution in [2.24, 2.45) is 5.73 Å². The first-order valence-electron chi connectivity index (χ1n) is 6.18. The Morgan fingerprint density at radius 2 is 2.28 bits per heavy atom. The van der Waals surface area contributed by atoms with Crippen molar-refractivity contribution in [3.63, 3.8) is 0 Å². The summed E-state index contributed by atoms with van der Waals surface area (Å²) in [4.78, 5) is 14.6. The first kappa shape index (κ1) is 11.3. The number of hydrogen-bond donors (Lipinski definition) is 2. The molecule has 3 nitrogen and oxygen atoms in total. The van der Waals surface area contributed by atoms with E-state index in [4.69, 9.17) is 5.73 Å². The third kappa shape index (κ3) is 1.52. The Kier molecular flexibility index (Phi) is 2.40. The zero-order valence-electron chi connectivity index (χ0n) is 10.2. The molecule has 1 aliphatic carbocycles. The highest BCUT2D eigenvalue weighted by Crippen LogP contribution is 2.36. The highest BCUT2D eigenvalue weighted by Gasteiger charge is 2.28. The van der Waals surface area contributed by atoms with Gasteiger partial charge in [0, 0.05) is 16.6 Å². The Morgan fingerprint density at radius 1 is 1.50 bits per heavy atom. The van der Waals surface area contributed by atoms with Gasteiger partial charge in [0.25, 0.3) is 0 Å². The van der Waals surface area contributed by atoms with Crippen molar-refractivity contribution in [2.45, 2.75) is 32.1 Å². The maximum Gasteiger partial charge on any atom is 0.226 e. The van der Waals surface area contributed by atoms with E-state index in [0.717, 1.165) is 41.4 Å². The minimum Gasteiger partial charge on any atom is -0.369 e. The lowest BCUT2D eigenvalue weighted by Crippen LogP contribution is -2.24. The Morgan fingerprint density at radius 3 is 3.00 bits per heavy atom. The number of rotatable bonds is 1. The molecule has 1 aromatic carbocycles. The molecule has 0 saturated carbocycles. The Bertz CT molecular complexity index is 645. The first-order valence-corrected chi connectivity index (χ1v) is 6.18. The van der Waals surface area contributed by atoms with Crippen LogP contribution >= 0.6 is 0 Å². The van der Waals surface area contributed by atoms with Crippen LogP contribution in [0.25, 0.3) is 10.9 Å². The monoisotopic (exact) mass is 246 g/mol. The number of halogens is 1. The predicted molar refractivity (Wildman–Crippen MR) is 67.9 cm³/mol. The third-order valence-electron chi connectivity index (χ3n) is 3.83. The lowest BCUT2D eigenvalue weighted by molar-refractivity contribution is -0.119. The van der Waals surface area contributed by atoms with E-state index >= 15 is 0 Å². The summed E-state index contributed by atoms with van der Waals surface area (Å²) in [5.74, 6) is -0.791. The summed E-state index contributed by atoms with van der Waals surface area (Å²) in [5, 5.41) is 1.02. The zero-order valence-corrected chi connectivity index (χ0v) is 10.2. The lowest BCUT2D eigenvalue weighted by Gasteiger charge is -2.19. The van der Waals surface area contributed by atoms with E-state index < -0.39 is 0 Å². The molecule has 2 aromatic rings. The molecule has 0 bridgehead atoms. The van der Waals surface area contributed by atoms with E-state index in [-0.39, 0.29) is 17.6 Å². The summed E-state index contributed by atoms with van der Waals surface area (Å²) in [5.41, 5.74) is 8.83. The fourth-order valence-corrected chi connectivity index (χ4v) is 2.88. The zero-order chi connectivity index (χ0) is 12.9. The number of hydrogen-bond acceptors (Lipinski definition) is 1. The lowest BCUT2D eigenvalue weighted by atomic mass is 9.86. The van der Waals surface area contributed by atoms with Gasteiger partial charge >= 0.3 is 0 Å². The van der Waals surface area contributed by atoms with Crippen LogP contribution in [0.2, 0.25) is 0 Å². The maximum atomic E-state index is 13.6. The van der Waals surface area contributed by atoms with Crippen LogP contribution in [-0.4, -0.2) is 10.9 Å². The van der Waals surface area contributed by atoms with Gasteiger partial charge in [0.1, 0.15) is 5.82 Å². The van der Waals surface area contributed by atoms with Crippen LogP contribution in [-0.2, 0) is 11.2 Å². The minimum atomic E-state index is -0.306. The number of carbonyl (C=O) groups excluding carboxylic acids is 1. The number of carbonyl (C=O) groups is 1. The highest BCUT2D eigenvalue weighted by molar-refractivity contribution is 5.90. The van der Waals surface area contributed by atoms with Crippen molar-refractivity contribution in [3.8, 4) is 0 Å². The fraction of sp³-hybridized carbons (Fsp3) is 0.357. The van der Waals surface area contributed by atoms with Gasteiger partial charge in [0.05, 0.1) is 5.92 Å². The summed E-state index contributed by atoms with van der Waals surface area (Å²) < 4.78 is 13.6. The quantitative estimate of drug-likeness (QED) is 0.798. The van der Waals surface area contributed by atoms with Crippen LogP contribution in [0, 0.1) is 12.7 Å². The number of aromatic nitrogens is 1. The van der Waals surface area contributed by atoms with Crippen molar-refractivity contribution in [2.75, 3.05) is 0 Å². The van der Waals surface area contributed by atoms with Gasteiger partial charge in [-0.05, 0) is 49.4 Å². The van der Waals surface area contributed by atoms with Crippen molar-refractivity contribution >= 4 is 16.8 Å². The van der Waals surface area contributed by atoms with Gasteiger partial charge in [0.15, 0.2) is 0 Å². The summed E-state index contributed by atoms with van der Waals surface area (Å²) in [7, 11) is 0. The minimum absolute atomic E-state index is 0.225. The molecular weight excluding hydrogens is 231 g/mol. The van der Waals surface area contributed by atoms with E-state index in [0.29, 0.717) is 5.56 Å². The van der Waals surface area contributed by atoms with E-state index in [1.165, 1.54) is 6.07 Å². The SMILES string of the molecule is Cc1cc2c3c([nH]c2cc1F)[C@@H](C(N)=O)CCC3. The van der Waals surface area contributed by atoms with Gasteiger partial charge in [-0.3, -0.25) is 4.79 Å². The topological polar surface area (TPSA) is 58.9 Å². The van der Waals surface area contributed by atoms with E-state index in [9.17, 15) is 9.18 Å². The molecule has 0 aliphatic heterocycles. The Labute approximate surface area is 104 Å². The number of primary amides is 1. The summed E-state index contributed by atoms with van der Waals surface area (Å²) in [6.07, 6.45) is 2.64. The molecule has 0 saturated heterocycles. The molecule has 0 spiro atoms. The van der Waals surface area contributed by atoms with Crippen LogP contribution in [0.3, 0.4) is 0 Å². The molecule has 0 radical (unpaired) electrons. The summed E-state index contributed by atoms with van der Waals surface area (Å²) in [6.45, 7) is 1.75. The fourth-order valence-electron chi connectivity index (χ4n) is 2.88. The normalized spacial score (nSPS) is 18.9. The molecule has 0 unspecified atom stereocenters. The van der Waals surface area contributed by atoms with Gasteiger partial charge in [-0.15, -0.1) is 0 Å². The van der Waals surface area contributed by atoms with E-state index in [2.05, 4.69) is 4.98 Å². The summed E-state index contributed by atoms with van der Waals surface area (Å²) in [6, 6.07) is 3.35. The van der Waals surface area contributed by atoms with E-state index in [1.807, 2.05) is 6.07 Å². The average molecular weight is 246 g/mol. The Hall–Kier alpha value is -1.84. The molecule has 3 N–H and O–H groups in total.